The van der Waals surface area contributed by atoms with E-state index >= 15 is 0 Å². The van der Waals surface area contributed by atoms with Gasteiger partial charge < -0.3 is 4.42 Å². The molecule has 0 unspecified atom stereocenters. The van der Waals surface area contributed by atoms with Gasteiger partial charge in [-0.05, 0) is 18.4 Å². The van der Waals surface area contributed by atoms with Crippen molar-refractivity contribution in [2.24, 2.45) is 0 Å². The van der Waals surface area contributed by atoms with Crippen LogP contribution in [0.2, 0.25) is 0 Å². The Bertz CT molecular complexity index is 666. The number of rotatable bonds is 2. The molecule has 5 heteroatoms. The minimum atomic E-state index is -0.400. The first-order valence-corrected chi connectivity index (χ1v) is 6.56. The van der Waals surface area contributed by atoms with Crippen molar-refractivity contribution in [3.05, 3.63) is 41.0 Å². The van der Waals surface area contributed by atoms with Gasteiger partial charge in [0, 0.05) is 5.39 Å². The summed E-state index contributed by atoms with van der Waals surface area (Å²) in [4.78, 5) is 23.7. The second-order valence-corrected chi connectivity index (χ2v) is 4.66. The minimum absolute atomic E-state index is 0.323. The lowest BCUT2D eigenvalue weighted by atomic mass is 10.2. The zero-order valence-electron chi connectivity index (χ0n) is 9.52. The van der Waals surface area contributed by atoms with Gasteiger partial charge >= 0.3 is 0 Å². The van der Waals surface area contributed by atoms with E-state index in [0.29, 0.717) is 21.8 Å². The van der Waals surface area contributed by atoms with Crippen LogP contribution in [0.15, 0.2) is 39.7 Å². The number of thioether (sulfide) groups is 1. The summed E-state index contributed by atoms with van der Waals surface area (Å²) in [5.74, 6) is -0.324. The van der Waals surface area contributed by atoms with Crippen LogP contribution in [0.1, 0.15) is 5.76 Å². The number of furan rings is 1. The number of hydrogen-bond acceptors (Lipinski definition) is 4. The van der Waals surface area contributed by atoms with Gasteiger partial charge in [0.2, 0.25) is 0 Å². The van der Waals surface area contributed by atoms with E-state index in [1.807, 2.05) is 24.3 Å². The maximum atomic E-state index is 11.8. The summed E-state index contributed by atoms with van der Waals surface area (Å²) in [7, 11) is 0. The van der Waals surface area contributed by atoms with Crippen LogP contribution in [0.5, 0.6) is 0 Å². The molecule has 0 bridgehead atoms. The quantitative estimate of drug-likeness (QED) is 0.840. The van der Waals surface area contributed by atoms with Crippen LogP contribution in [-0.2, 0) is 9.59 Å². The summed E-state index contributed by atoms with van der Waals surface area (Å²) in [6.07, 6.45) is 1.76. The molecule has 3 rings (SSSR count). The fourth-order valence-corrected chi connectivity index (χ4v) is 2.60. The highest BCUT2D eigenvalue weighted by Gasteiger charge is 2.32. The SMILES string of the molecule is CSC1=C(c2cc3ccccc3o2)C(=O)NC1=O. The summed E-state index contributed by atoms with van der Waals surface area (Å²) in [6, 6.07) is 9.26. The molecule has 18 heavy (non-hydrogen) atoms. The Labute approximate surface area is 107 Å². The van der Waals surface area contributed by atoms with Crippen LogP contribution >= 0.6 is 11.8 Å². The summed E-state index contributed by atoms with van der Waals surface area (Å²) in [6.45, 7) is 0. The lowest BCUT2D eigenvalue weighted by Gasteiger charge is -1.95. The highest BCUT2D eigenvalue weighted by Crippen LogP contribution is 2.33. The maximum Gasteiger partial charge on any atom is 0.265 e. The molecule has 0 saturated heterocycles. The third-order valence-electron chi connectivity index (χ3n) is 2.76. The van der Waals surface area contributed by atoms with E-state index in [2.05, 4.69) is 5.32 Å². The van der Waals surface area contributed by atoms with Crippen LogP contribution in [0.4, 0.5) is 0 Å². The first-order chi connectivity index (χ1) is 8.70. The highest BCUT2D eigenvalue weighted by molar-refractivity contribution is 8.03. The van der Waals surface area contributed by atoms with Crippen molar-refractivity contribution < 1.29 is 14.0 Å². The van der Waals surface area contributed by atoms with E-state index in [1.165, 1.54) is 11.8 Å². The number of imide groups is 1. The van der Waals surface area contributed by atoms with Gasteiger partial charge in [-0.25, -0.2) is 0 Å². The first-order valence-electron chi connectivity index (χ1n) is 5.33. The lowest BCUT2D eigenvalue weighted by molar-refractivity contribution is -0.123. The summed E-state index contributed by atoms with van der Waals surface area (Å²) >= 11 is 1.24. The van der Waals surface area contributed by atoms with Crippen molar-refractivity contribution in [3.63, 3.8) is 0 Å². The number of para-hydroxylation sites is 1. The monoisotopic (exact) mass is 259 g/mol. The number of nitrogens with one attached hydrogen (secondary N) is 1. The van der Waals surface area contributed by atoms with Gasteiger partial charge in [-0.2, -0.15) is 0 Å². The molecule has 1 N–H and O–H groups in total. The number of fused-ring (bicyclic) bond motifs is 1. The standard InChI is InChI=1S/C13H9NO3S/c1-18-11-10(12(15)14-13(11)16)9-6-7-4-2-3-5-8(7)17-9/h2-6H,1H3,(H,14,15,16). The van der Waals surface area contributed by atoms with Gasteiger partial charge in [-0.15, -0.1) is 11.8 Å². The topological polar surface area (TPSA) is 59.3 Å². The van der Waals surface area contributed by atoms with E-state index < -0.39 is 5.91 Å². The normalized spacial score (nSPS) is 15.6. The Morgan fingerprint density at radius 1 is 1.17 bits per heavy atom. The van der Waals surface area contributed by atoms with Gasteiger partial charge in [-0.3, -0.25) is 14.9 Å². The Balaban J connectivity index is 2.22. The fraction of sp³-hybridized carbons (Fsp3) is 0.0769. The van der Waals surface area contributed by atoms with Crippen LogP contribution in [0.25, 0.3) is 16.5 Å². The Kier molecular flexibility index (Phi) is 2.48. The second-order valence-electron chi connectivity index (χ2n) is 3.84. The molecule has 1 aliphatic heterocycles. The minimum Gasteiger partial charge on any atom is -0.456 e. The number of hydrogen-bond donors (Lipinski definition) is 1. The Hall–Kier alpha value is -2.01. The lowest BCUT2D eigenvalue weighted by Crippen LogP contribution is -2.22. The largest absolute Gasteiger partial charge is 0.456 e. The second kappa shape index (κ2) is 4.03. The summed E-state index contributed by atoms with van der Waals surface area (Å²) < 4.78 is 5.62. The predicted octanol–water partition coefficient (Wildman–Crippen LogP) is 2.16. The molecule has 90 valence electrons. The van der Waals surface area contributed by atoms with E-state index in [4.69, 9.17) is 4.42 Å². The molecule has 0 spiro atoms. The number of carbonyl (C=O) groups is 2. The van der Waals surface area contributed by atoms with E-state index in [0.717, 1.165) is 5.39 Å². The van der Waals surface area contributed by atoms with Crippen LogP contribution in [-0.4, -0.2) is 18.1 Å². The third kappa shape index (κ3) is 1.55. The smallest absolute Gasteiger partial charge is 0.265 e. The molecule has 0 radical (unpaired) electrons. The maximum absolute atomic E-state index is 11.8. The highest BCUT2D eigenvalue weighted by atomic mass is 32.2. The molecule has 0 fully saturated rings. The molecule has 2 amide bonds. The predicted molar refractivity (Wildman–Crippen MR) is 69.8 cm³/mol. The van der Waals surface area contributed by atoms with Crippen LogP contribution in [0, 0.1) is 0 Å². The van der Waals surface area contributed by atoms with Crippen molar-refractivity contribution in [1.29, 1.82) is 0 Å². The molecule has 1 aliphatic rings. The molecule has 2 aromatic rings. The van der Waals surface area contributed by atoms with E-state index in [1.54, 1.807) is 12.3 Å². The van der Waals surface area contributed by atoms with Crippen molar-refractivity contribution in [2.75, 3.05) is 6.26 Å². The van der Waals surface area contributed by atoms with Crippen molar-refractivity contribution in [3.8, 4) is 0 Å². The molecule has 2 heterocycles. The Morgan fingerprint density at radius 2 is 1.94 bits per heavy atom. The van der Waals surface area contributed by atoms with Crippen LogP contribution in [0.3, 0.4) is 0 Å². The zero-order valence-corrected chi connectivity index (χ0v) is 10.3. The summed E-state index contributed by atoms with van der Waals surface area (Å²) in [5.41, 5.74) is 1.02. The van der Waals surface area contributed by atoms with E-state index in [9.17, 15) is 9.59 Å². The molecule has 1 aromatic carbocycles. The third-order valence-corrected chi connectivity index (χ3v) is 3.56. The number of amides is 2. The zero-order chi connectivity index (χ0) is 12.7. The van der Waals surface area contributed by atoms with Crippen molar-refractivity contribution in [2.45, 2.75) is 0 Å². The Morgan fingerprint density at radius 3 is 2.67 bits per heavy atom. The van der Waals surface area contributed by atoms with E-state index in [-0.39, 0.29) is 5.91 Å². The molecule has 0 aliphatic carbocycles. The molecular weight excluding hydrogens is 250 g/mol. The number of carbonyl (C=O) groups excluding carboxylic acids is 2. The molecule has 0 atom stereocenters. The average molecular weight is 259 g/mol. The van der Waals surface area contributed by atoms with Gasteiger partial charge in [0.05, 0.1) is 4.91 Å². The number of benzene rings is 1. The van der Waals surface area contributed by atoms with Crippen LogP contribution < -0.4 is 5.32 Å². The van der Waals surface area contributed by atoms with Crippen molar-refractivity contribution in [1.82, 2.24) is 5.32 Å². The van der Waals surface area contributed by atoms with Gasteiger partial charge in [0.15, 0.2) is 0 Å². The van der Waals surface area contributed by atoms with Gasteiger partial charge in [0.1, 0.15) is 16.9 Å². The van der Waals surface area contributed by atoms with Gasteiger partial charge in [-0.1, -0.05) is 18.2 Å². The van der Waals surface area contributed by atoms with Crippen molar-refractivity contribution >= 4 is 40.1 Å². The molecule has 4 nitrogen and oxygen atoms in total. The first kappa shape index (κ1) is 11.1. The molecule has 1 aromatic heterocycles. The average Bonchev–Trinajstić information content (AvgIpc) is 2.88. The molecule has 0 saturated carbocycles. The summed E-state index contributed by atoms with van der Waals surface area (Å²) in [5, 5.41) is 3.19. The molecular formula is C13H9NO3S. The fourth-order valence-electron chi connectivity index (χ4n) is 1.96. The van der Waals surface area contributed by atoms with Gasteiger partial charge in [0.25, 0.3) is 11.8 Å².